The summed E-state index contributed by atoms with van der Waals surface area (Å²) in [6, 6.07) is 0. The smallest absolute Gasteiger partial charge is 0.305 e. The van der Waals surface area contributed by atoms with E-state index in [1.54, 1.807) is 0 Å². The molecular formula is C21H39N3O6. The third-order valence-electron chi connectivity index (χ3n) is 4.68. The van der Waals surface area contributed by atoms with Crippen molar-refractivity contribution in [1.82, 2.24) is 14.7 Å². The summed E-state index contributed by atoms with van der Waals surface area (Å²) in [6.45, 7) is 11.4. The largest absolute Gasteiger partial charge is 0.466 e. The van der Waals surface area contributed by atoms with Crippen molar-refractivity contribution in [3.8, 4) is 0 Å². The fourth-order valence-electron chi connectivity index (χ4n) is 3.45. The lowest BCUT2D eigenvalue weighted by atomic mass is 10.2. The van der Waals surface area contributed by atoms with E-state index in [1.165, 1.54) is 0 Å². The lowest BCUT2D eigenvalue weighted by Gasteiger charge is -2.42. The van der Waals surface area contributed by atoms with E-state index in [0.29, 0.717) is 39.1 Å². The molecule has 1 fully saturated rings. The molecule has 0 N–H and O–H groups in total. The molecule has 1 aliphatic heterocycles. The highest BCUT2D eigenvalue weighted by Gasteiger charge is 2.23. The normalized spacial score (nSPS) is 15.7. The summed E-state index contributed by atoms with van der Waals surface area (Å²) in [5.41, 5.74) is 0. The Bertz CT molecular complexity index is 440. The summed E-state index contributed by atoms with van der Waals surface area (Å²) in [5, 5.41) is 0. The molecule has 0 aliphatic carbocycles. The van der Waals surface area contributed by atoms with Crippen LogP contribution in [0.3, 0.4) is 0 Å². The first-order valence-corrected chi connectivity index (χ1v) is 11.1. The maximum Gasteiger partial charge on any atom is 0.305 e. The lowest BCUT2D eigenvalue weighted by Crippen LogP contribution is -2.55. The average molecular weight is 430 g/mol. The molecule has 0 radical (unpaired) electrons. The number of nitrogens with zero attached hydrogens (tertiary/aromatic N) is 3. The molecule has 0 bridgehead atoms. The molecule has 0 spiro atoms. The summed E-state index contributed by atoms with van der Waals surface area (Å²) in [7, 11) is 0. The fourth-order valence-corrected chi connectivity index (χ4v) is 3.45. The van der Waals surface area contributed by atoms with Crippen LogP contribution in [0.1, 0.15) is 59.3 Å². The maximum atomic E-state index is 11.6. The zero-order valence-electron chi connectivity index (χ0n) is 18.9. The third kappa shape index (κ3) is 12.1. The molecule has 174 valence electrons. The quantitative estimate of drug-likeness (QED) is 0.286. The Labute approximate surface area is 180 Å². The number of esters is 3. The molecule has 0 aromatic carbocycles. The van der Waals surface area contributed by atoms with E-state index >= 15 is 0 Å². The van der Waals surface area contributed by atoms with Gasteiger partial charge in [0.05, 0.1) is 39.8 Å². The van der Waals surface area contributed by atoms with Crippen molar-refractivity contribution in [2.45, 2.75) is 59.3 Å². The van der Waals surface area contributed by atoms with Gasteiger partial charge in [0.2, 0.25) is 0 Å². The van der Waals surface area contributed by atoms with Gasteiger partial charge in [-0.3, -0.25) is 29.1 Å². The summed E-state index contributed by atoms with van der Waals surface area (Å²) in [6.07, 6.45) is 3.46. The Kier molecular flexibility index (Phi) is 14.1. The van der Waals surface area contributed by atoms with Crippen LogP contribution in [-0.2, 0) is 28.6 Å². The van der Waals surface area contributed by atoms with Gasteiger partial charge in [0.25, 0.3) is 0 Å². The lowest BCUT2D eigenvalue weighted by molar-refractivity contribution is -0.144. The molecule has 9 nitrogen and oxygen atoms in total. The van der Waals surface area contributed by atoms with Gasteiger partial charge in [0, 0.05) is 38.9 Å². The molecule has 0 aromatic rings. The van der Waals surface area contributed by atoms with Crippen molar-refractivity contribution in [3.05, 3.63) is 0 Å². The van der Waals surface area contributed by atoms with Gasteiger partial charge in [-0.05, 0) is 40.0 Å². The van der Waals surface area contributed by atoms with E-state index in [4.69, 9.17) is 14.2 Å². The number of rotatable bonds is 15. The first kappa shape index (κ1) is 26.3. The van der Waals surface area contributed by atoms with Crippen LogP contribution in [0.5, 0.6) is 0 Å². The van der Waals surface area contributed by atoms with Gasteiger partial charge in [-0.2, -0.15) is 0 Å². The van der Waals surface area contributed by atoms with E-state index in [0.717, 1.165) is 58.9 Å². The van der Waals surface area contributed by atoms with Crippen LogP contribution in [0.4, 0.5) is 0 Å². The first-order chi connectivity index (χ1) is 14.5. The van der Waals surface area contributed by atoms with Crippen LogP contribution < -0.4 is 0 Å². The Balaban J connectivity index is 2.47. The Morgan fingerprint density at radius 3 is 1.07 bits per heavy atom. The average Bonchev–Trinajstić information content (AvgIpc) is 2.68. The topological polar surface area (TPSA) is 88.6 Å². The summed E-state index contributed by atoms with van der Waals surface area (Å²) in [4.78, 5) is 41.6. The standard InChI is InChI=1S/C21H39N3O6/c1-4-28-19(25)10-7-13-22-16-23(14-8-11-20(26)29-5-2)18-24(17-22)15-9-12-21(27)30-6-3/h4-18H2,1-3H3. The second-order valence-corrected chi connectivity index (χ2v) is 7.33. The third-order valence-corrected chi connectivity index (χ3v) is 4.68. The monoisotopic (exact) mass is 429 g/mol. The van der Waals surface area contributed by atoms with E-state index < -0.39 is 0 Å². The fraction of sp³-hybridized carbons (Fsp3) is 0.857. The number of ether oxygens (including phenoxy) is 3. The van der Waals surface area contributed by atoms with Crippen LogP contribution in [0.15, 0.2) is 0 Å². The van der Waals surface area contributed by atoms with Crippen molar-refractivity contribution in [1.29, 1.82) is 0 Å². The number of carbonyl (C=O) groups excluding carboxylic acids is 3. The molecule has 1 heterocycles. The van der Waals surface area contributed by atoms with Crippen molar-refractivity contribution < 1.29 is 28.6 Å². The van der Waals surface area contributed by atoms with Gasteiger partial charge in [0.1, 0.15) is 0 Å². The molecule has 9 heteroatoms. The van der Waals surface area contributed by atoms with E-state index in [1.807, 2.05) is 20.8 Å². The zero-order chi connectivity index (χ0) is 22.2. The van der Waals surface area contributed by atoms with Crippen molar-refractivity contribution in [2.24, 2.45) is 0 Å². The second kappa shape index (κ2) is 16.0. The molecule has 0 unspecified atom stereocenters. The van der Waals surface area contributed by atoms with E-state index in [-0.39, 0.29) is 17.9 Å². The van der Waals surface area contributed by atoms with Crippen LogP contribution >= 0.6 is 0 Å². The van der Waals surface area contributed by atoms with E-state index in [2.05, 4.69) is 14.7 Å². The predicted molar refractivity (Wildman–Crippen MR) is 112 cm³/mol. The predicted octanol–water partition coefficient (Wildman–Crippen LogP) is 1.81. The highest BCUT2D eigenvalue weighted by atomic mass is 16.5. The van der Waals surface area contributed by atoms with Crippen LogP contribution in [0.25, 0.3) is 0 Å². The van der Waals surface area contributed by atoms with Crippen molar-refractivity contribution in [3.63, 3.8) is 0 Å². The minimum atomic E-state index is -0.160. The molecule has 0 saturated carbocycles. The van der Waals surface area contributed by atoms with Crippen LogP contribution in [0, 0.1) is 0 Å². The zero-order valence-corrected chi connectivity index (χ0v) is 18.9. The first-order valence-electron chi connectivity index (χ1n) is 11.1. The Morgan fingerprint density at radius 2 is 0.833 bits per heavy atom. The van der Waals surface area contributed by atoms with Gasteiger partial charge in [-0.25, -0.2) is 0 Å². The van der Waals surface area contributed by atoms with Crippen molar-refractivity contribution >= 4 is 17.9 Å². The van der Waals surface area contributed by atoms with Gasteiger partial charge in [-0.15, -0.1) is 0 Å². The minimum absolute atomic E-state index is 0.160. The molecule has 0 amide bonds. The Morgan fingerprint density at radius 1 is 0.567 bits per heavy atom. The highest BCUT2D eigenvalue weighted by molar-refractivity contribution is 5.69. The molecule has 1 aliphatic rings. The van der Waals surface area contributed by atoms with E-state index in [9.17, 15) is 14.4 Å². The van der Waals surface area contributed by atoms with Crippen molar-refractivity contribution in [2.75, 3.05) is 59.5 Å². The Hall–Kier alpha value is -1.71. The molecule has 1 saturated heterocycles. The summed E-state index contributed by atoms with van der Waals surface area (Å²) >= 11 is 0. The summed E-state index contributed by atoms with van der Waals surface area (Å²) < 4.78 is 15.0. The highest BCUT2D eigenvalue weighted by Crippen LogP contribution is 2.12. The van der Waals surface area contributed by atoms with Gasteiger partial charge < -0.3 is 14.2 Å². The summed E-state index contributed by atoms with van der Waals surface area (Å²) in [5.74, 6) is -0.480. The number of carbonyl (C=O) groups is 3. The molecule has 1 rings (SSSR count). The van der Waals surface area contributed by atoms with Gasteiger partial charge in [-0.1, -0.05) is 0 Å². The second-order valence-electron chi connectivity index (χ2n) is 7.33. The number of hydrogen-bond acceptors (Lipinski definition) is 9. The SMILES string of the molecule is CCOC(=O)CCCN1CN(CCCC(=O)OCC)CN(CCCC(=O)OCC)C1. The van der Waals surface area contributed by atoms with Gasteiger partial charge in [0.15, 0.2) is 0 Å². The molecular weight excluding hydrogens is 390 g/mol. The minimum Gasteiger partial charge on any atom is -0.466 e. The van der Waals surface area contributed by atoms with Gasteiger partial charge >= 0.3 is 17.9 Å². The van der Waals surface area contributed by atoms with Crippen LogP contribution in [0.2, 0.25) is 0 Å². The molecule has 0 aromatic heterocycles. The maximum absolute atomic E-state index is 11.6. The molecule has 0 atom stereocenters. The number of hydrogen-bond donors (Lipinski definition) is 0. The molecule has 30 heavy (non-hydrogen) atoms. The van der Waals surface area contributed by atoms with Crippen LogP contribution in [-0.4, -0.2) is 92.1 Å².